The van der Waals surface area contributed by atoms with E-state index in [2.05, 4.69) is 0 Å². The molecule has 162 valence electrons. The van der Waals surface area contributed by atoms with Crippen LogP contribution < -0.4 is 9.47 Å². The van der Waals surface area contributed by atoms with Crippen LogP contribution in [-0.4, -0.2) is 16.7 Å². The summed E-state index contributed by atoms with van der Waals surface area (Å²) in [5.41, 5.74) is 1.31. The topological polar surface area (TPSA) is 109 Å². The van der Waals surface area contributed by atoms with Crippen molar-refractivity contribution in [3.8, 4) is 11.5 Å². The smallest absolute Gasteiger partial charge is 0.379 e. The molecule has 2 heterocycles. The van der Waals surface area contributed by atoms with Gasteiger partial charge in [0.05, 0.1) is 10.5 Å². The molecule has 0 amide bonds. The van der Waals surface area contributed by atoms with E-state index in [1.807, 2.05) is 0 Å². The van der Waals surface area contributed by atoms with Gasteiger partial charge in [0.1, 0.15) is 17.1 Å². The first-order valence-corrected chi connectivity index (χ1v) is 9.99. The predicted octanol–water partition coefficient (Wildman–Crippen LogP) is 5.83. The van der Waals surface area contributed by atoms with Crippen molar-refractivity contribution in [1.82, 2.24) is 0 Å². The molecule has 4 aromatic rings. The number of hydrogen-bond acceptors (Lipinski definition) is 7. The second kappa shape index (κ2) is 7.92. The third-order valence-corrected chi connectivity index (χ3v) is 5.17. The molecule has 0 unspecified atom stereocenters. The van der Waals surface area contributed by atoms with Crippen LogP contribution in [0, 0.1) is 10.1 Å². The molecule has 3 aromatic carbocycles. The molecule has 9 heteroatoms. The zero-order chi connectivity index (χ0) is 23.1. The van der Waals surface area contributed by atoms with Gasteiger partial charge >= 0.3 is 5.97 Å². The number of Topliss-reactive ketones (excluding diaryl/α,β-unsaturated/α-hetero) is 1. The Labute approximate surface area is 190 Å². The highest BCUT2D eigenvalue weighted by Crippen LogP contribution is 2.35. The van der Waals surface area contributed by atoms with Gasteiger partial charge < -0.3 is 13.9 Å². The van der Waals surface area contributed by atoms with E-state index in [9.17, 15) is 19.7 Å². The maximum Gasteiger partial charge on any atom is 0.379 e. The Balaban J connectivity index is 1.35. The van der Waals surface area contributed by atoms with Crippen LogP contribution in [0.2, 0.25) is 5.02 Å². The number of nitrogens with zero attached hydrogens (tertiary/aromatic N) is 1. The minimum atomic E-state index is -0.715. The van der Waals surface area contributed by atoms with Crippen molar-refractivity contribution in [2.45, 2.75) is 0 Å². The van der Waals surface area contributed by atoms with Gasteiger partial charge in [0, 0.05) is 28.6 Å². The molecule has 0 saturated heterocycles. The fraction of sp³-hybridized carbons (Fsp3) is 0. The maximum atomic E-state index is 12.6. The number of fused-ring (bicyclic) bond motifs is 2. The van der Waals surface area contributed by atoms with Gasteiger partial charge in [-0.3, -0.25) is 14.9 Å². The van der Waals surface area contributed by atoms with E-state index >= 15 is 0 Å². The number of benzene rings is 3. The molecular formula is C24H12ClNO7. The number of rotatable bonds is 4. The third kappa shape index (κ3) is 3.95. The lowest BCUT2D eigenvalue weighted by Crippen LogP contribution is -2.07. The standard InChI is InChI=1S/C24H12ClNO7/c25-15-3-8-19-14(10-15)11-22(32-19)24(28)31-17-6-7-18-20(12-17)33-21(23(18)27)9-13-1-4-16(5-2-13)26(29)30/h1-12H/b21-9-. The number of carbonyl (C=O) groups is 2. The van der Waals surface area contributed by atoms with E-state index < -0.39 is 10.9 Å². The monoisotopic (exact) mass is 461 g/mol. The number of non-ortho nitro benzene ring substituents is 1. The number of nitro groups is 1. The van der Waals surface area contributed by atoms with Gasteiger partial charge in [0.25, 0.3) is 5.69 Å². The molecule has 1 aromatic heterocycles. The lowest BCUT2D eigenvalue weighted by atomic mass is 10.1. The number of halogens is 1. The first-order valence-electron chi connectivity index (χ1n) is 9.61. The number of ketones is 1. The number of carbonyl (C=O) groups excluding carboxylic acids is 2. The van der Waals surface area contributed by atoms with Gasteiger partial charge in [-0.1, -0.05) is 11.6 Å². The first kappa shape index (κ1) is 20.5. The fourth-order valence-corrected chi connectivity index (χ4v) is 3.53. The van der Waals surface area contributed by atoms with E-state index in [0.717, 1.165) is 0 Å². The number of esters is 1. The average molecular weight is 462 g/mol. The predicted molar refractivity (Wildman–Crippen MR) is 119 cm³/mol. The number of furan rings is 1. The van der Waals surface area contributed by atoms with Crippen LogP contribution >= 0.6 is 11.6 Å². The lowest BCUT2D eigenvalue weighted by molar-refractivity contribution is -0.384. The van der Waals surface area contributed by atoms with E-state index in [-0.39, 0.29) is 34.5 Å². The Morgan fingerprint density at radius 1 is 1.03 bits per heavy atom. The van der Waals surface area contributed by atoms with Crippen LogP contribution in [0.1, 0.15) is 26.5 Å². The number of ether oxygens (including phenoxy) is 2. The minimum Gasteiger partial charge on any atom is -0.452 e. The average Bonchev–Trinajstić information content (AvgIpc) is 3.35. The molecule has 1 aliphatic rings. The summed E-state index contributed by atoms with van der Waals surface area (Å²) in [6.07, 6.45) is 1.48. The van der Waals surface area contributed by atoms with Gasteiger partial charge in [-0.2, -0.15) is 0 Å². The van der Waals surface area contributed by atoms with Crippen LogP contribution in [0.4, 0.5) is 5.69 Å². The summed E-state index contributed by atoms with van der Waals surface area (Å²) in [6, 6.07) is 16.6. The van der Waals surface area contributed by atoms with Gasteiger partial charge in [0.2, 0.25) is 11.5 Å². The third-order valence-electron chi connectivity index (χ3n) is 4.93. The molecule has 0 N–H and O–H groups in total. The Bertz CT molecular complexity index is 1480. The van der Waals surface area contributed by atoms with Crippen LogP contribution in [0.5, 0.6) is 11.5 Å². The van der Waals surface area contributed by atoms with Gasteiger partial charge in [0.15, 0.2) is 5.76 Å². The van der Waals surface area contributed by atoms with Crippen LogP contribution in [-0.2, 0) is 0 Å². The summed E-state index contributed by atoms with van der Waals surface area (Å²) in [7, 11) is 0. The second-order valence-electron chi connectivity index (χ2n) is 7.13. The molecule has 5 rings (SSSR count). The van der Waals surface area contributed by atoms with Gasteiger partial charge in [-0.25, -0.2) is 4.79 Å². The SMILES string of the molecule is O=C(Oc1ccc2c(c1)O/C(=C\c1ccc([N+](=O)[O-])cc1)C2=O)c1cc2cc(Cl)ccc2o1. The Kier molecular flexibility index (Phi) is 4.91. The summed E-state index contributed by atoms with van der Waals surface area (Å²) in [6.45, 7) is 0. The highest BCUT2D eigenvalue weighted by molar-refractivity contribution is 6.31. The molecule has 0 saturated carbocycles. The number of allylic oxidation sites excluding steroid dienone is 1. The summed E-state index contributed by atoms with van der Waals surface area (Å²) in [4.78, 5) is 35.4. The molecule has 8 nitrogen and oxygen atoms in total. The quantitative estimate of drug-likeness (QED) is 0.124. The van der Waals surface area contributed by atoms with Crippen molar-refractivity contribution in [3.05, 3.63) is 105 Å². The molecule has 0 fully saturated rings. The van der Waals surface area contributed by atoms with E-state index in [1.165, 1.54) is 54.6 Å². The zero-order valence-electron chi connectivity index (χ0n) is 16.6. The lowest BCUT2D eigenvalue weighted by Gasteiger charge is -2.04. The van der Waals surface area contributed by atoms with Crippen molar-refractivity contribution in [1.29, 1.82) is 0 Å². The fourth-order valence-electron chi connectivity index (χ4n) is 3.35. The van der Waals surface area contributed by atoms with Crippen molar-refractivity contribution < 1.29 is 28.4 Å². The highest BCUT2D eigenvalue weighted by atomic mass is 35.5. The molecule has 0 bridgehead atoms. The van der Waals surface area contributed by atoms with Crippen molar-refractivity contribution in [3.63, 3.8) is 0 Å². The van der Waals surface area contributed by atoms with Crippen molar-refractivity contribution in [2.75, 3.05) is 0 Å². The molecule has 33 heavy (non-hydrogen) atoms. The molecule has 0 radical (unpaired) electrons. The Morgan fingerprint density at radius 3 is 2.58 bits per heavy atom. The molecular weight excluding hydrogens is 450 g/mol. The largest absolute Gasteiger partial charge is 0.452 e. The Morgan fingerprint density at radius 2 is 1.82 bits per heavy atom. The van der Waals surface area contributed by atoms with E-state index in [1.54, 1.807) is 18.2 Å². The van der Waals surface area contributed by atoms with Crippen LogP contribution in [0.25, 0.3) is 17.0 Å². The minimum absolute atomic E-state index is 0.00326. The van der Waals surface area contributed by atoms with Gasteiger partial charge in [-0.15, -0.1) is 0 Å². The summed E-state index contributed by atoms with van der Waals surface area (Å²) < 4.78 is 16.5. The van der Waals surface area contributed by atoms with Crippen molar-refractivity contribution in [2.24, 2.45) is 0 Å². The molecule has 0 spiro atoms. The highest BCUT2D eigenvalue weighted by Gasteiger charge is 2.28. The van der Waals surface area contributed by atoms with E-state index in [0.29, 0.717) is 27.1 Å². The number of nitro benzene ring substituents is 1. The molecule has 0 atom stereocenters. The van der Waals surface area contributed by atoms with Crippen LogP contribution in [0.3, 0.4) is 0 Å². The van der Waals surface area contributed by atoms with Crippen molar-refractivity contribution >= 4 is 46.1 Å². The summed E-state index contributed by atoms with van der Waals surface area (Å²) >= 11 is 5.95. The van der Waals surface area contributed by atoms with Crippen LogP contribution in [0.15, 0.2) is 76.9 Å². The Hall–Kier alpha value is -4.43. The zero-order valence-corrected chi connectivity index (χ0v) is 17.4. The normalized spacial score (nSPS) is 13.7. The maximum absolute atomic E-state index is 12.6. The van der Waals surface area contributed by atoms with E-state index in [4.69, 9.17) is 25.5 Å². The summed E-state index contributed by atoms with van der Waals surface area (Å²) in [5.74, 6) is -0.611. The number of hydrogen-bond donors (Lipinski definition) is 0. The summed E-state index contributed by atoms with van der Waals surface area (Å²) in [5, 5.41) is 12.0. The van der Waals surface area contributed by atoms with Gasteiger partial charge in [-0.05, 0) is 60.2 Å². The first-order chi connectivity index (χ1) is 15.9. The second-order valence-corrected chi connectivity index (χ2v) is 7.57. The molecule has 1 aliphatic heterocycles. The molecule has 0 aliphatic carbocycles.